The lowest BCUT2D eigenvalue weighted by Crippen LogP contribution is -2.53. The number of ether oxygens (including phenoxy) is 3. The molecule has 0 radical (unpaired) electrons. The van der Waals surface area contributed by atoms with Crippen LogP contribution in [-0.4, -0.2) is 92.1 Å². The van der Waals surface area contributed by atoms with E-state index in [1.165, 1.54) is 0 Å². The van der Waals surface area contributed by atoms with Gasteiger partial charge in [-0.15, -0.1) is 24.0 Å². The summed E-state index contributed by atoms with van der Waals surface area (Å²) in [6.07, 6.45) is 2.16. The minimum Gasteiger partial charge on any atom is -0.444 e. The van der Waals surface area contributed by atoms with Crippen molar-refractivity contribution in [1.82, 2.24) is 15.1 Å². The van der Waals surface area contributed by atoms with Crippen molar-refractivity contribution < 1.29 is 19.0 Å². The Hall–Kier alpha value is -0.810. The molecule has 2 saturated heterocycles. The van der Waals surface area contributed by atoms with Crippen molar-refractivity contribution in [3.63, 3.8) is 0 Å². The first-order valence-electron chi connectivity index (χ1n) is 10.6. The molecular weight excluding hydrogens is 487 g/mol. The Kier molecular flexibility index (Phi) is 11.6. The van der Waals surface area contributed by atoms with Crippen LogP contribution in [0.5, 0.6) is 0 Å². The highest BCUT2D eigenvalue weighted by Gasteiger charge is 2.32. The molecule has 9 heteroatoms. The van der Waals surface area contributed by atoms with Crippen molar-refractivity contribution in [3.05, 3.63) is 0 Å². The molecule has 0 aliphatic carbocycles. The molecule has 2 fully saturated rings. The van der Waals surface area contributed by atoms with Gasteiger partial charge in [-0.3, -0.25) is 4.99 Å². The number of halogens is 1. The molecule has 29 heavy (non-hydrogen) atoms. The monoisotopic (exact) mass is 526 g/mol. The number of amides is 1. The summed E-state index contributed by atoms with van der Waals surface area (Å²) in [6.45, 7) is 15.2. The minimum absolute atomic E-state index is 0. The van der Waals surface area contributed by atoms with Gasteiger partial charge in [-0.05, 0) is 47.5 Å². The number of nitrogens with one attached hydrogen (secondary N) is 1. The highest BCUT2D eigenvalue weighted by molar-refractivity contribution is 14.0. The average Bonchev–Trinajstić information content (AvgIpc) is 3.17. The summed E-state index contributed by atoms with van der Waals surface area (Å²) in [4.78, 5) is 21.0. The van der Waals surface area contributed by atoms with Crippen LogP contribution >= 0.6 is 24.0 Å². The molecule has 0 spiro atoms. The van der Waals surface area contributed by atoms with E-state index in [-0.39, 0.29) is 42.3 Å². The molecule has 1 amide bonds. The average molecular weight is 526 g/mol. The predicted octanol–water partition coefficient (Wildman–Crippen LogP) is 2.71. The largest absolute Gasteiger partial charge is 0.444 e. The van der Waals surface area contributed by atoms with Crippen LogP contribution in [0, 0.1) is 0 Å². The number of hydrogen-bond donors (Lipinski definition) is 1. The lowest BCUT2D eigenvalue weighted by Gasteiger charge is -2.37. The number of hydrogen-bond acceptors (Lipinski definition) is 5. The van der Waals surface area contributed by atoms with Crippen molar-refractivity contribution in [2.75, 3.05) is 52.5 Å². The molecule has 8 nitrogen and oxygen atoms in total. The second kappa shape index (κ2) is 12.8. The van der Waals surface area contributed by atoms with Gasteiger partial charge in [0, 0.05) is 39.3 Å². The number of carbonyl (C=O) groups is 1. The number of aliphatic imine (C=N–C) groups is 1. The van der Waals surface area contributed by atoms with Gasteiger partial charge in [0.2, 0.25) is 0 Å². The third kappa shape index (κ3) is 8.84. The first kappa shape index (κ1) is 26.2. The van der Waals surface area contributed by atoms with Gasteiger partial charge in [-0.1, -0.05) is 0 Å². The maximum absolute atomic E-state index is 12.3. The second-order valence-corrected chi connectivity index (χ2v) is 8.20. The van der Waals surface area contributed by atoms with Crippen LogP contribution in [0.25, 0.3) is 0 Å². The summed E-state index contributed by atoms with van der Waals surface area (Å²) >= 11 is 0. The predicted molar refractivity (Wildman–Crippen MR) is 125 cm³/mol. The molecule has 1 N–H and O–H groups in total. The molecular formula is C20H39IN4O4. The number of rotatable bonds is 6. The summed E-state index contributed by atoms with van der Waals surface area (Å²) < 4.78 is 17.2. The van der Waals surface area contributed by atoms with Crippen LogP contribution < -0.4 is 5.32 Å². The summed E-state index contributed by atoms with van der Waals surface area (Å²) in [7, 11) is 0. The quantitative estimate of drug-likeness (QED) is 0.326. The van der Waals surface area contributed by atoms with Gasteiger partial charge in [0.25, 0.3) is 0 Å². The molecule has 0 aromatic heterocycles. The van der Waals surface area contributed by atoms with Crippen molar-refractivity contribution in [2.45, 2.75) is 65.3 Å². The van der Waals surface area contributed by atoms with Crippen LogP contribution in [0.4, 0.5) is 4.79 Å². The number of likely N-dealkylation sites (N-methyl/N-ethyl adjacent to an activating group) is 1. The Morgan fingerprint density at radius 2 is 1.97 bits per heavy atom. The highest BCUT2D eigenvalue weighted by atomic mass is 127. The van der Waals surface area contributed by atoms with E-state index in [1.807, 2.05) is 27.7 Å². The Morgan fingerprint density at radius 3 is 2.55 bits per heavy atom. The minimum atomic E-state index is -0.492. The Balaban J connectivity index is 0.00000420. The maximum atomic E-state index is 12.3. The van der Waals surface area contributed by atoms with E-state index in [4.69, 9.17) is 19.2 Å². The molecule has 2 aliphatic heterocycles. The second-order valence-electron chi connectivity index (χ2n) is 8.20. The van der Waals surface area contributed by atoms with Crippen LogP contribution in [0.15, 0.2) is 4.99 Å². The molecule has 0 aromatic rings. The molecule has 0 aromatic carbocycles. The fraction of sp³-hybridized carbons (Fsp3) is 0.900. The van der Waals surface area contributed by atoms with Crippen molar-refractivity contribution >= 4 is 36.0 Å². The Morgan fingerprint density at radius 1 is 1.24 bits per heavy atom. The van der Waals surface area contributed by atoms with Crippen molar-refractivity contribution in [1.29, 1.82) is 0 Å². The molecule has 2 heterocycles. The van der Waals surface area contributed by atoms with E-state index < -0.39 is 5.60 Å². The molecule has 0 saturated carbocycles. The lowest BCUT2D eigenvalue weighted by molar-refractivity contribution is -0.0817. The summed E-state index contributed by atoms with van der Waals surface area (Å²) in [6, 6.07) is 0. The fourth-order valence-corrected chi connectivity index (χ4v) is 3.40. The zero-order valence-corrected chi connectivity index (χ0v) is 20.9. The van der Waals surface area contributed by atoms with Crippen LogP contribution in [0.2, 0.25) is 0 Å². The van der Waals surface area contributed by atoms with E-state index in [2.05, 4.69) is 17.1 Å². The van der Waals surface area contributed by atoms with Gasteiger partial charge < -0.3 is 29.3 Å². The molecule has 2 rings (SSSR count). The third-order valence-electron chi connectivity index (χ3n) is 4.77. The van der Waals surface area contributed by atoms with Crippen LogP contribution in [0.3, 0.4) is 0 Å². The van der Waals surface area contributed by atoms with Crippen LogP contribution in [-0.2, 0) is 14.2 Å². The first-order valence-corrected chi connectivity index (χ1v) is 10.6. The van der Waals surface area contributed by atoms with E-state index in [0.29, 0.717) is 26.2 Å². The molecule has 2 atom stereocenters. The van der Waals surface area contributed by atoms with E-state index in [9.17, 15) is 4.79 Å². The highest BCUT2D eigenvalue weighted by Crippen LogP contribution is 2.21. The SMILES string of the molecule is CCNC(=NCCN(CC)C(=O)OC(C)(C)C)N1CCOC(C2CCCO2)C1.I. The van der Waals surface area contributed by atoms with Gasteiger partial charge in [-0.25, -0.2) is 4.79 Å². The van der Waals surface area contributed by atoms with Crippen LogP contribution in [0.1, 0.15) is 47.5 Å². The molecule has 2 aliphatic rings. The van der Waals surface area contributed by atoms with E-state index >= 15 is 0 Å². The zero-order chi connectivity index (χ0) is 20.6. The Bertz CT molecular complexity index is 521. The Labute approximate surface area is 192 Å². The topological polar surface area (TPSA) is 75.6 Å². The molecule has 170 valence electrons. The van der Waals surface area contributed by atoms with Gasteiger partial charge in [0.1, 0.15) is 11.7 Å². The maximum Gasteiger partial charge on any atom is 0.410 e. The summed E-state index contributed by atoms with van der Waals surface area (Å²) in [5.74, 6) is 0.869. The summed E-state index contributed by atoms with van der Waals surface area (Å²) in [5, 5.41) is 3.37. The number of morpholine rings is 1. The fourth-order valence-electron chi connectivity index (χ4n) is 3.40. The summed E-state index contributed by atoms with van der Waals surface area (Å²) in [5.41, 5.74) is -0.492. The standard InChI is InChI=1S/C20H38N4O4.HI/c1-6-21-18(22-10-11-23(7-2)19(25)28-20(3,4)5)24-12-14-27-17(15-24)16-9-8-13-26-16;/h16-17H,6-15H2,1-5H3,(H,21,22);1H. The first-order chi connectivity index (χ1) is 13.3. The number of nitrogens with zero attached hydrogens (tertiary/aromatic N) is 3. The molecule has 2 unspecified atom stereocenters. The van der Waals surface area contributed by atoms with Gasteiger partial charge in [0.05, 0.1) is 19.3 Å². The smallest absolute Gasteiger partial charge is 0.410 e. The normalized spacial score (nSPS) is 22.8. The van der Waals surface area contributed by atoms with Crippen molar-refractivity contribution in [2.24, 2.45) is 4.99 Å². The van der Waals surface area contributed by atoms with Crippen molar-refractivity contribution in [3.8, 4) is 0 Å². The molecule has 0 bridgehead atoms. The van der Waals surface area contributed by atoms with E-state index in [1.54, 1.807) is 4.90 Å². The van der Waals surface area contributed by atoms with Gasteiger partial charge in [-0.2, -0.15) is 0 Å². The lowest BCUT2D eigenvalue weighted by atomic mass is 10.1. The zero-order valence-electron chi connectivity index (χ0n) is 18.6. The van der Waals surface area contributed by atoms with Gasteiger partial charge >= 0.3 is 6.09 Å². The van der Waals surface area contributed by atoms with Gasteiger partial charge in [0.15, 0.2) is 5.96 Å². The van der Waals surface area contributed by atoms with E-state index in [0.717, 1.165) is 45.0 Å². The number of carbonyl (C=O) groups excluding carboxylic acids is 1. The third-order valence-corrected chi connectivity index (χ3v) is 4.77. The number of guanidine groups is 1.